The monoisotopic (exact) mass is 355 g/mol. The molecule has 1 heterocycles. The van der Waals surface area contributed by atoms with Gasteiger partial charge in [-0.25, -0.2) is 9.48 Å². The maximum atomic E-state index is 12.5. The van der Waals surface area contributed by atoms with Crippen LogP contribution in [-0.4, -0.2) is 28.3 Å². The molecule has 2 aromatic rings. The summed E-state index contributed by atoms with van der Waals surface area (Å²) in [5.74, 6) is -0.755. The van der Waals surface area contributed by atoms with Gasteiger partial charge in [0.15, 0.2) is 0 Å². The van der Waals surface area contributed by atoms with Gasteiger partial charge in [0, 0.05) is 11.8 Å². The summed E-state index contributed by atoms with van der Waals surface area (Å²) in [6.07, 6.45) is 2.68. The molecule has 1 aliphatic rings. The highest BCUT2D eigenvalue weighted by Gasteiger charge is 2.21. The number of hydrogen-bond acceptors (Lipinski definition) is 5. The van der Waals surface area contributed by atoms with Gasteiger partial charge < -0.3 is 10.1 Å². The average Bonchev–Trinajstić information content (AvgIpc) is 3.08. The second kappa shape index (κ2) is 7.51. The van der Waals surface area contributed by atoms with Gasteiger partial charge in [0.05, 0.1) is 17.9 Å². The molecule has 0 aliphatic heterocycles. The number of aryl methyl sites for hydroxylation is 2. The number of nitrogens with zero attached hydrogens (tertiary/aromatic N) is 2. The minimum Gasteiger partial charge on any atom is -0.462 e. The Morgan fingerprint density at radius 2 is 2.00 bits per heavy atom. The fourth-order valence-corrected chi connectivity index (χ4v) is 2.95. The van der Waals surface area contributed by atoms with Crippen molar-refractivity contribution in [3.8, 4) is 0 Å². The van der Waals surface area contributed by atoms with Crippen LogP contribution in [0, 0.1) is 0 Å². The summed E-state index contributed by atoms with van der Waals surface area (Å²) in [6, 6.07) is 7.24. The molecular weight excluding hydrogens is 334 g/mol. The number of carbonyl (C=O) groups is 2. The molecule has 7 nitrogen and oxygen atoms in total. The van der Waals surface area contributed by atoms with Crippen molar-refractivity contribution in [1.29, 1.82) is 0 Å². The Labute approximate surface area is 151 Å². The summed E-state index contributed by atoms with van der Waals surface area (Å²) in [6.45, 7) is 3.68. The topological polar surface area (TPSA) is 90.3 Å². The first kappa shape index (κ1) is 17.8. The predicted molar refractivity (Wildman–Crippen MR) is 96.3 cm³/mol. The minimum atomic E-state index is -0.738. The fraction of sp³-hybridized carbons (Fsp3) is 0.368. The summed E-state index contributed by atoms with van der Waals surface area (Å²) in [5.41, 5.74) is 2.54. The number of nitrogens with one attached hydrogen (secondary N) is 1. The van der Waals surface area contributed by atoms with E-state index in [2.05, 4.69) is 10.4 Å². The third-order valence-electron chi connectivity index (χ3n) is 4.39. The molecule has 0 fully saturated rings. The molecule has 0 saturated heterocycles. The Kier molecular flexibility index (Phi) is 5.16. The zero-order chi connectivity index (χ0) is 18.7. The molecule has 1 amide bonds. The molecular formula is C19H21N3O4. The van der Waals surface area contributed by atoms with Gasteiger partial charge >= 0.3 is 5.97 Å². The summed E-state index contributed by atoms with van der Waals surface area (Å²) in [4.78, 5) is 36.4. The van der Waals surface area contributed by atoms with E-state index in [9.17, 15) is 14.4 Å². The predicted octanol–water partition coefficient (Wildman–Crippen LogP) is 2.11. The van der Waals surface area contributed by atoms with E-state index < -0.39 is 12.0 Å². The fourth-order valence-electron chi connectivity index (χ4n) is 2.95. The smallest absolute Gasteiger partial charge is 0.338 e. The lowest BCUT2D eigenvalue weighted by molar-refractivity contribution is -0.119. The second-order valence-corrected chi connectivity index (χ2v) is 6.22. The standard InChI is InChI=1S/C19H21N3O4/c1-3-26-19(25)13-7-9-15(10-8-13)20-18(24)12(2)22-17(23)11-14-5-4-6-16(14)21-22/h7-12H,3-6H2,1-2H3,(H,20,24). The van der Waals surface area contributed by atoms with Crippen molar-refractivity contribution >= 4 is 17.6 Å². The van der Waals surface area contributed by atoms with Gasteiger partial charge in [-0.15, -0.1) is 0 Å². The first-order valence-corrected chi connectivity index (χ1v) is 8.69. The zero-order valence-electron chi connectivity index (χ0n) is 14.8. The Bertz CT molecular complexity index is 887. The minimum absolute atomic E-state index is 0.272. The quantitative estimate of drug-likeness (QED) is 0.830. The second-order valence-electron chi connectivity index (χ2n) is 6.22. The van der Waals surface area contributed by atoms with Gasteiger partial charge in [-0.1, -0.05) is 0 Å². The van der Waals surface area contributed by atoms with Crippen LogP contribution in [-0.2, 0) is 22.4 Å². The lowest BCUT2D eigenvalue weighted by atomic mass is 10.2. The van der Waals surface area contributed by atoms with Crippen LogP contribution in [0.1, 0.15) is 47.9 Å². The number of benzene rings is 1. The summed E-state index contributed by atoms with van der Waals surface area (Å²) in [7, 11) is 0. The molecule has 1 unspecified atom stereocenters. The number of rotatable bonds is 5. The number of carbonyl (C=O) groups excluding carboxylic acids is 2. The molecule has 1 atom stereocenters. The van der Waals surface area contributed by atoms with Crippen LogP contribution in [0.15, 0.2) is 35.1 Å². The highest BCUT2D eigenvalue weighted by Crippen LogP contribution is 2.18. The van der Waals surface area contributed by atoms with Crippen LogP contribution in [0.3, 0.4) is 0 Å². The van der Waals surface area contributed by atoms with Crippen molar-refractivity contribution in [2.75, 3.05) is 11.9 Å². The van der Waals surface area contributed by atoms with E-state index in [-0.39, 0.29) is 11.5 Å². The van der Waals surface area contributed by atoms with Crippen molar-refractivity contribution in [2.24, 2.45) is 0 Å². The van der Waals surface area contributed by atoms with E-state index in [0.717, 1.165) is 30.5 Å². The molecule has 136 valence electrons. The number of esters is 1. The number of hydrogen-bond donors (Lipinski definition) is 1. The van der Waals surface area contributed by atoms with Crippen LogP contribution in [0.25, 0.3) is 0 Å². The molecule has 1 N–H and O–H groups in total. The first-order valence-electron chi connectivity index (χ1n) is 8.69. The van der Waals surface area contributed by atoms with E-state index in [1.165, 1.54) is 4.68 Å². The van der Waals surface area contributed by atoms with Gasteiger partial charge in [0.1, 0.15) is 6.04 Å². The summed E-state index contributed by atoms with van der Waals surface area (Å²) in [5, 5.41) is 7.10. The molecule has 1 aliphatic carbocycles. The van der Waals surface area contributed by atoms with Gasteiger partial charge in [-0.3, -0.25) is 9.59 Å². The van der Waals surface area contributed by atoms with Gasteiger partial charge in [0.2, 0.25) is 5.91 Å². The number of amides is 1. The molecule has 0 bridgehead atoms. The lowest BCUT2D eigenvalue weighted by Gasteiger charge is -2.15. The molecule has 1 aromatic heterocycles. The largest absolute Gasteiger partial charge is 0.462 e. The van der Waals surface area contributed by atoms with Gasteiger partial charge in [-0.05, 0) is 62.9 Å². The van der Waals surface area contributed by atoms with Crippen molar-refractivity contribution in [1.82, 2.24) is 9.78 Å². The van der Waals surface area contributed by atoms with Crippen LogP contribution < -0.4 is 10.9 Å². The number of anilines is 1. The molecule has 0 saturated carbocycles. The van der Waals surface area contributed by atoms with Crippen LogP contribution >= 0.6 is 0 Å². The van der Waals surface area contributed by atoms with Crippen LogP contribution in [0.2, 0.25) is 0 Å². The number of aromatic nitrogens is 2. The Morgan fingerprint density at radius 1 is 1.27 bits per heavy atom. The van der Waals surface area contributed by atoms with Crippen molar-refractivity contribution in [3.63, 3.8) is 0 Å². The maximum absolute atomic E-state index is 12.5. The molecule has 1 aromatic carbocycles. The molecule has 0 spiro atoms. The molecule has 26 heavy (non-hydrogen) atoms. The van der Waals surface area contributed by atoms with Crippen LogP contribution in [0.5, 0.6) is 0 Å². The van der Waals surface area contributed by atoms with E-state index >= 15 is 0 Å². The first-order chi connectivity index (χ1) is 12.5. The third kappa shape index (κ3) is 3.66. The van der Waals surface area contributed by atoms with Crippen molar-refractivity contribution < 1.29 is 14.3 Å². The average molecular weight is 355 g/mol. The Hall–Kier alpha value is -2.96. The Balaban J connectivity index is 1.72. The van der Waals surface area contributed by atoms with Gasteiger partial charge in [-0.2, -0.15) is 5.10 Å². The summed E-state index contributed by atoms with van der Waals surface area (Å²) >= 11 is 0. The van der Waals surface area contributed by atoms with Crippen LogP contribution in [0.4, 0.5) is 5.69 Å². The normalized spacial score (nSPS) is 13.8. The highest BCUT2D eigenvalue weighted by atomic mass is 16.5. The third-order valence-corrected chi connectivity index (χ3v) is 4.39. The van der Waals surface area contributed by atoms with Crippen molar-refractivity contribution in [3.05, 3.63) is 57.5 Å². The maximum Gasteiger partial charge on any atom is 0.338 e. The number of ether oxygens (including phenoxy) is 1. The van der Waals surface area contributed by atoms with E-state index in [0.29, 0.717) is 17.9 Å². The van der Waals surface area contributed by atoms with E-state index in [4.69, 9.17) is 4.74 Å². The molecule has 3 rings (SSSR count). The highest BCUT2D eigenvalue weighted by molar-refractivity contribution is 5.94. The number of fused-ring (bicyclic) bond motifs is 1. The molecule has 7 heteroatoms. The van der Waals surface area contributed by atoms with E-state index in [1.54, 1.807) is 44.2 Å². The van der Waals surface area contributed by atoms with E-state index in [1.807, 2.05) is 0 Å². The van der Waals surface area contributed by atoms with Gasteiger partial charge in [0.25, 0.3) is 5.56 Å². The zero-order valence-corrected chi connectivity index (χ0v) is 14.8. The summed E-state index contributed by atoms with van der Waals surface area (Å²) < 4.78 is 6.15. The lowest BCUT2D eigenvalue weighted by Crippen LogP contribution is -2.34. The SMILES string of the molecule is CCOC(=O)c1ccc(NC(=O)C(C)n2nc3c(cc2=O)CCC3)cc1. The Morgan fingerprint density at radius 3 is 2.69 bits per heavy atom. The molecule has 0 radical (unpaired) electrons. The van der Waals surface area contributed by atoms with Crippen molar-refractivity contribution in [2.45, 2.75) is 39.2 Å².